The second-order valence-corrected chi connectivity index (χ2v) is 12.2. The van der Waals surface area contributed by atoms with Gasteiger partial charge in [0.15, 0.2) is 0 Å². The second kappa shape index (κ2) is 13.2. The van der Waals surface area contributed by atoms with E-state index >= 15 is 0 Å². The molecule has 36 heavy (non-hydrogen) atoms. The molecule has 2 amide bonds. The minimum atomic E-state index is -3.98. The first-order chi connectivity index (χ1) is 16.8. The largest absolute Gasteiger partial charge is 0.354 e. The van der Waals surface area contributed by atoms with E-state index in [2.05, 4.69) is 5.32 Å². The van der Waals surface area contributed by atoms with Gasteiger partial charge in [0.25, 0.3) is 0 Å². The standard InChI is InChI=1S/C24H29Cl4N3O4S/c1-5-21(24(33)29-12-15(2)3)30(13-16-8-6-7-9-17(16)25)23(32)14-31(36(4,34)35)22-11-19(27)18(26)10-20(22)28/h6-11,15,21H,5,12-14H2,1-4H3,(H,29,33)/t21-/m1/s1. The zero-order chi connectivity index (χ0) is 27.2. The molecule has 1 atom stereocenters. The Kier molecular flexibility index (Phi) is 11.2. The van der Waals surface area contributed by atoms with Crippen molar-refractivity contribution in [3.8, 4) is 0 Å². The van der Waals surface area contributed by atoms with E-state index in [1.165, 1.54) is 17.0 Å². The number of nitrogens with one attached hydrogen (secondary N) is 1. The van der Waals surface area contributed by atoms with Crippen molar-refractivity contribution in [2.45, 2.75) is 39.8 Å². The van der Waals surface area contributed by atoms with Gasteiger partial charge in [-0.1, -0.05) is 85.4 Å². The lowest BCUT2D eigenvalue weighted by atomic mass is 10.1. The molecule has 0 unspecified atom stereocenters. The molecule has 0 fully saturated rings. The van der Waals surface area contributed by atoms with Crippen molar-refractivity contribution in [1.82, 2.24) is 10.2 Å². The summed E-state index contributed by atoms with van der Waals surface area (Å²) in [6.45, 7) is 5.50. The van der Waals surface area contributed by atoms with Crippen molar-refractivity contribution in [2.75, 3.05) is 23.7 Å². The van der Waals surface area contributed by atoms with Crippen LogP contribution in [0.3, 0.4) is 0 Å². The zero-order valence-electron chi connectivity index (χ0n) is 20.4. The number of hydrogen-bond acceptors (Lipinski definition) is 4. The Bertz CT molecular complexity index is 1210. The van der Waals surface area contributed by atoms with E-state index in [9.17, 15) is 18.0 Å². The lowest BCUT2D eigenvalue weighted by Crippen LogP contribution is -2.52. The molecule has 7 nitrogen and oxygen atoms in total. The summed E-state index contributed by atoms with van der Waals surface area (Å²) in [4.78, 5) is 28.1. The molecule has 2 aromatic rings. The Morgan fingerprint density at radius 2 is 1.58 bits per heavy atom. The zero-order valence-corrected chi connectivity index (χ0v) is 24.2. The Balaban J connectivity index is 2.50. The van der Waals surface area contributed by atoms with Crippen LogP contribution in [0.4, 0.5) is 5.69 Å². The molecule has 1 N–H and O–H groups in total. The third-order valence-electron chi connectivity index (χ3n) is 5.31. The predicted molar refractivity (Wildman–Crippen MR) is 148 cm³/mol. The van der Waals surface area contributed by atoms with Gasteiger partial charge in [0.1, 0.15) is 12.6 Å². The molecule has 0 radical (unpaired) electrons. The molecular formula is C24H29Cl4N3O4S. The minimum Gasteiger partial charge on any atom is -0.354 e. The molecule has 0 heterocycles. The van der Waals surface area contributed by atoms with Gasteiger partial charge in [-0.05, 0) is 36.1 Å². The molecule has 198 valence electrons. The van der Waals surface area contributed by atoms with Gasteiger partial charge in [0.2, 0.25) is 21.8 Å². The number of carbonyl (C=O) groups is 2. The Hall–Kier alpha value is -1.71. The number of hydrogen-bond donors (Lipinski definition) is 1. The van der Waals surface area contributed by atoms with Crippen LogP contribution in [0.25, 0.3) is 0 Å². The van der Waals surface area contributed by atoms with Crippen LogP contribution in [0.15, 0.2) is 36.4 Å². The second-order valence-electron chi connectivity index (χ2n) is 8.66. The molecule has 0 bridgehead atoms. The highest BCUT2D eigenvalue weighted by atomic mass is 35.5. The molecular weight excluding hydrogens is 568 g/mol. The van der Waals surface area contributed by atoms with Gasteiger partial charge in [0, 0.05) is 18.1 Å². The summed E-state index contributed by atoms with van der Waals surface area (Å²) < 4.78 is 26.3. The number of halogens is 4. The van der Waals surface area contributed by atoms with Crippen LogP contribution in [0, 0.1) is 5.92 Å². The van der Waals surface area contributed by atoms with Crippen LogP contribution in [-0.2, 0) is 26.2 Å². The maximum absolute atomic E-state index is 13.7. The van der Waals surface area contributed by atoms with Crippen LogP contribution in [0.2, 0.25) is 20.1 Å². The minimum absolute atomic E-state index is 0.00117. The maximum atomic E-state index is 13.7. The summed E-state index contributed by atoms with van der Waals surface area (Å²) in [5.41, 5.74) is 0.609. The number of rotatable bonds is 11. The van der Waals surface area contributed by atoms with Gasteiger partial charge in [-0.3, -0.25) is 13.9 Å². The van der Waals surface area contributed by atoms with Crippen LogP contribution >= 0.6 is 46.4 Å². The van der Waals surface area contributed by atoms with Crippen LogP contribution in [0.5, 0.6) is 0 Å². The molecule has 2 rings (SSSR count). The summed E-state index contributed by atoms with van der Waals surface area (Å²) in [5.74, 6) is -0.754. The summed E-state index contributed by atoms with van der Waals surface area (Å²) in [5, 5.41) is 3.49. The van der Waals surface area contributed by atoms with E-state index in [0.29, 0.717) is 23.6 Å². The van der Waals surface area contributed by atoms with Crippen molar-refractivity contribution in [2.24, 2.45) is 5.92 Å². The van der Waals surface area contributed by atoms with E-state index in [0.717, 1.165) is 10.6 Å². The van der Waals surface area contributed by atoms with Gasteiger partial charge in [0.05, 0.1) is 27.0 Å². The fourth-order valence-electron chi connectivity index (χ4n) is 3.45. The lowest BCUT2D eigenvalue weighted by molar-refractivity contribution is -0.140. The highest BCUT2D eigenvalue weighted by Gasteiger charge is 2.32. The van der Waals surface area contributed by atoms with Gasteiger partial charge >= 0.3 is 0 Å². The fraction of sp³-hybridized carbons (Fsp3) is 0.417. The normalized spacial score (nSPS) is 12.4. The van der Waals surface area contributed by atoms with Crippen molar-refractivity contribution >= 4 is 73.9 Å². The number of benzene rings is 2. The molecule has 0 aliphatic rings. The molecule has 0 aliphatic heterocycles. The Morgan fingerprint density at radius 1 is 0.972 bits per heavy atom. The van der Waals surface area contributed by atoms with Gasteiger partial charge in [-0.15, -0.1) is 0 Å². The average molecular weight is 597 g/mol. The molecule has 0 aliphatic carbocycles. The SMILES string of the molecule is CC[C@H](C(=O)NCC(C)C)N(Cc1ccccc1Cl)C(=O)CN(c1cc(Cl)c(Cl)cc1Cl)S(C)(=O)=O. The van der Waals surface area contributed by atoms with Crippen molar-refractivity contribution in [1.29, 1.82) is 0 Å². The van der Waals surface area contributed by atoms with E-state index in [1.54, 1.807) is 31.2 Å². The molecule has 2 aromatic carbocycles. The molecule has 0 saturated carbocycles. The average Bonchev–Trinajstić information content (AvgIpc) is 2.78. The van der Waals surface area contributed by atoms with E-state index < -0.39 is 28.5 Å². The third-order valence-corrected chi connectivity index (χ3v) is 7.83. The van der Waals surface area contributed by atoms with Gasteiger partial charge in [-0.2, -0.15) is 0 Å². The molecule has 0 aromatic heterocycles. The number of anilines is 1. The summed E-state index contributed by atoms with van der Waals surface area (Å²) in [6.07, 6.45) is 1.25. The number of nitrogens with zero attached hydrogens (tertiary/aromatic N) is 2. The summed E-state index contributed by atoms with van der Waals surface area (Å²) >= 11 is 24.7. The van der Waals surface area contributed by atoms with Crippen molar-refractivity contribution in [3.05, 3.63) is 62.1 Å². The van der Waals surface area contributed by atoms with E-state index in [1.807, 2.05) is 13.8 Å². The first kappa shape index (κ1) is 30.5. The van der Waals surface area contributed by atoms with E-state index in [4.69, 9.17) is 46.4 Å². The summed E-state index contributed by atoms with van der Waals surface area (Å²) in [6, 6.07) is 8.66. The number of carbonyl (C=O) groups excluding carboxylic acids is 2. The van der Waals surface area contributed by atoms with E-state index in [-0.39, 0.29) is 39.1 Å². The van der Waals surface area contributed by atoms with Crippen LogP contribution < -0.4 is 9.62 Å². The lowest BCUT2D eigenvalue weighted by Gasteiger charge is -2.33. The van der Waals surface area contributed by atoms with Crippen LogP contribution in [0.1, 0.15) is 32.8 Å². The first-order valence-electron chi connectivity index (χ1n) is 11.2. The highest BCUT2D eigenvalue weighted by Crippen LogP contribution is 2.35. The maximum Gasteiger partial charge on any atom is 0.244 e. The molecule has 12 heteroatoms. The smallest absolute Gasteiger partial charge is 0.244 e. The highest BCUT2D eigenvalue weighted by molar-refractivity contribution is 7.92. The monoisotopic (exact) mass is 595 g/mol. The Morgan fingerprint density at radius 3 is 2.14 bits per heavy atom. The van der Waals surface area contributed by atoms with Crippen molar-refractivity contribution < 1.29 is 18.0 Å². The van der Waals surface area contributed by atoms with Crippen LogP contribution in [-0.4, -0.2) is 50.5 Å². The number of sulfonamides is 1. The molecule has 0 saturated heterocycles. The predicted octanol–water partition coefficient (Wildman–Crippen LogP) is 5.65. The van der Waals surface area contributed by atoms with Gasteiger partial charge in [-0.25, -0.2) is 8.42 Å². The molecule has 0 spiro atoms. The first-order valence-corrected chi connectivity index (χ1v) is 14.5. The quantitative estimate of drug-likeness (QED) is 0.340. The van der Waals surface area contributed by atoms with Gasteiger partial charge < -0.3 is 10.2 Å². The summed E-state index contributed by atoms with van der Waals surface area (Å²) in [7, 11) is -3.98. The van der Waals surface area contributed by atoms with Crippen molar-refractivity contribution in [3.63, 3.8) is 0 Å². The fourth-order valence-corrected chi connectivity index (χ4v) is 5.19. The topological polar surface area (TPSA) is 86.8 Å². The Labute approximate surface area is 232 Å². The third kappa shape index (κ3) is 8.15. The number of amides is 2.